The van der Waals surface area contributed by atoms with Gasteiger partial charge < -0.3 is 19.6 Å². The van der Waals surface area contributed by atoms with Crippen molar-refractivity contribution in [2.24, 2.45) is 5.89 Å². The number of nitrogens with zero attached hydrogens (tertiary/aromatic N) is 5. The van der Waals surface area contributed by atoms with Crippen molar-refractivity contribution in [2.75, 3.05) is 31.4 Å². The summed E-state index contributed by atoms with van der Waals surface area (Å²) in [7, 11) is 0. The number of fused-ring (bicyclic) bond motifs is 1. The van der Waals surface area contributed by atoms with E-state index in [1.54, 1.807) is 0 Å². The Morgan fingerprint density at radius 1 is 1.79 bits per heavy atom. The molecular formula is C17H22N6O. The fourth-order valence-corrected chi connectivity index (χ4v) is 2.04. The van der Waals surface area contributed by atoms with Crippen LogP contribution in [0.4, 0.5) is 5.82 Å². The van der Waals surface area contributed by atoms with Crippen LogP contribution in [0, 0.1) is 19.4 Å². The molecule has 0 unspecified atom stereocenters. The van der Waals surface area contributed by atoms with Crippen molar-refractivity contribution in [1.29, 1.82) is 0 Å². The molecule has 1 N–H and O–H groups in total. The van der Waals surface area contributed by atoms with Crippen LogP contribution in [-0.2, 0) is 4.79 Å². The van der Waals surface area contributed by atoms with Gasteiger partial charge >= 0.3 is 5.91 Å². The number of hydrogen-bond donors (Lipinski definition) is 1. The summed E-state index contributed by atoms with van der Waals surface area (Å²) < 4.78 is 140. The number of aryl methyl sites for hydroxylation is 1. The van der Waals surface area contributed by atoms with Crippen molar-refractivity contribution in [1.82, 2.24) is 19.9 Å². The lowest BCUT2D eigenvalue weighted by molar-refractivity contribution is -0.130. The SMILES string of the molecule is [2H]c1nc(N([C@H]2C([2H])([2H])N(C(=O)C([2H])([2H])[N+]#[C-])C([2H])([2H])C([2H])([2H])[C@@]2([2H])C([2H])([2H])[2H])C([2H])([2H])[2H])c2c([2H])c(C)[nH]c2n1. The smallest absolute Gasteiger partial charge is 0.302 e. The minimum Gasteiger partial charge on any atom is -0.354 e. The fourth-order valence-electron chi connectivity index (χ4n) is 2.04. The van der Waals surface area contributed by atoms with E-state index in [0.717, 1.165) is 0 Å². The first-order valence-corrected chi connectivity index (χ1v) is 6.50. The third-order valence-electron chi connectivity index (χ3n) is 3.06. The Balaban J connectivity index is 2.62. The van der Waals surface area contributed by atoms with Gasteiger partial charge in [0, 0.05) is 40.7 Å². The Bertz CT molecular complexity index is 1440. The number of carbonyl (C=O) groups excluding carboxylic acids is 1. The van der Waals surface area contributed by atoms with Gasteiger partial charge in [0.1, 0.15) is 21.9 Å². The number of likely N-dealkylation sites (N-methyl/N-ethyl adjacent to an activating group) is 1. The third-order valence-corrected chi connectivity index (χ3v) is 3.06. The molecule has 0 bridgehead atoms. The van der Waals surface area contributed by atoms with Crippen LogP contribution in [-0.4, -0.2) is 58.3 Å². The van der Waals surface area contributed by atoms with Gasteiger partial charge in [-0.15, -0.1) is 0 Å². The fraction of sp³-hybridized carbons (Fsp3) is 0.529. The number of rotatable bonds is 3. The number of aromatic nitrogens is 3. The molecule has 1 fully saturated rings. The van der Waals surface area contributed by atoms with Crippen LogP contribution < -0.4 is 4.90 Å². The second kappa shape index (κ2) is 6.48. The number of piperidine rings is 1. The van der Waals surface area contributed by atoms with E-state index < -0.39 is 86.0 Å². The van der Waals surface area contributed by atoms with E-state index in [4.69, 9.17) is 29.9 Å². The van der Waals surface area contributed by atoms with Crippen molar-refractivity contribution < 1.29 is 28.1 Å². The van der Waals surface area contributed by atoms with Crippen LogP contribution in [0.15, 0.2) is 12.3 Å². The standard InChI is InChI=1S/C17H22N6O/c1-11-5-6-23(15(24)8-18-3)9-14(11)22(4)17-13-7-12(2)21-16(13)19-10-20-17/h7,10-11,14H,5-6,8-9H2,1-2,4H3,(H,19,20,21)/t11-,14+/m1/s1/i1D3,4D3,5D2,6D2,7D,8D2,9D2,10D,11D. The summed E-state index contributed by atoms with van der Waals surface area (Å²) >= 11 is 0. The molecule has 0 saturated carbocycles. The highest BCUT2D eigenvalue weighted by Crippen LogP contribution is 2.29. The van der Waals surface area contributed by atoms with Crippen molar-refractivity contribution in [3.05, 3.63) is 29.5 Å². The average molecular weight is 344 g/mol. The Kier molecular flexibility index (Phi) is 1.47. The van der Waals surface area contributed by atoms with E-state index >= 15 is 0 Å². The first-order valence-electron chi connectivity index (χ1n) is 15.0. The first kappa shape index (κ1) is 5.45. The summed E-state index contributed by atoms with van der Waals surface area (Å²) in [4.78, 5) is 24.6. The zero-order valence-corrected chi connectivity index (χ0v) is 12.2. The predicted molar refractivity (Wildman–Crippen MR) is 92.6 cm³/mol. The van der Waals surface area contributed by atoms with Gasteiger partial charge in [0.15, 0.2) is 0 Å². The molecule has 0 aliphatic carbocycles. The number of aromatic amines is 1. The maximum atomic E-state index is 13.1. The molecule has 3 rings (SSSR count). The minimum absolute atomic E-state index is 0.0416. The zero-order chi connectivity index (χ0) is 32.1. The summed E-state index contributed by atoms with van der Waals surface area (Å²) in [5.74, 6) is -7.47. The van der Waals surface area contributed by atoms with Gasteiger partial charge in [-0.1, -0.05) is 6.85 Å². The zero-order valence-electron chi connectivity index (χ0n) is 29.2. The molecule has 1 aliphatic rings. The van der Waals surface area contributed by atoms with Crippen LogP contribution in [0.2, 0.25) is 0 Å². The summed E-state index contributed by atoms with van der Waals surface area (Å²) in [6, 6.07) is -3.76. The normalized spacial score (nSPS) is 42.2. The maximum Gasteiger partial charge on any atom is 0.302 e. The third kappa shape index (κ3) is 2.92. The number of anilines is 1. The number of hydrogen-bond acceptors (Lipinski definition) is 4. The molecule has 0 radical (unpaired) electrons. The Morgan fingerprint density at radius 3 is 3.42 bits per heavy atom. The van der Waals surface area contributed by atoms with E-state index in [0.29, 0.717) is 0 Å². The largest absolute Gasteiger partial charge is 0.354 e. The van der Waals surface area contributed by atoms with Gasteiger partial charge in [-0.3, -0.25) is 4.79 Å². The summed E-state index contributed by atoms with van der Waals surface area (Å²) in [6.07, 6.45) is -5.13. The number of amides is 1. The predicted octanol–water partition coefficient (Wildman–Crippen LogP) is 1.86. The van der Waals surface area contributed by atoms with Crippen molar-refractivity contribution >= 4 is 22.8 Å². The maximum absolute atomic E-state index is 13.1. The molecule has 7 nitrogen and oxygen atoms in total. The molecule has 24 heavy (non-hydrogen) atoms. The second-order valence-corrected chi connectivity index (χ2v) is 4.66. The number of carbonyl (C=O) groups is 1. The first-order chi connectivity index (χ1) is 18.1. The van der Waals surface area contributed by atoms with Crippen LogP contribution in [0.5, 0.6) is 0 Å². The molecule has 2 aromatic rings. The number of nitrogens with one attached hydrogen (secondary N) is 1. The molecule has 7 heteroatoms. The van der Waals surface area contributed by atoms with Crippen LogP contribution in [0.3, 0.4) is 0 Å². The van der Waals surface area contributed by atoms with E-state index in [2.05, 4.69) is 19.8 Å². The Hall–Kier alpha value is -2.62. The van der Waals surface area contributed by atoms with E-state index in [1.165, 1.54) is 6.92 Å². The van der Waals surface area contributed by atoms with E-state index in [9.17, 15) is 4.79 Å². The lowest BCUT2D eigenvalue weighted by Gasteiger charge is -2.41. The quantitative estimate of drug-likeness (QED) is 0.864. The van der Waals surface area contributed by atoms with Gasteiger partial charge in [-0.25, -0.2) is 16.5 Å². The van der Waals surface area contributed by atoms with Gasteiger partial charge in [0.2, 0.25) is 0 Å². The van der Waals surface area contributed by atoms with Crippen LogP contribution in [0.1, 0.15) is 42.2 Å². The number of H-pyrrole nitrogens is 1. The minimum atomic E-state index is -4.20. The van der Waals surface area contributed by atoms with E-state index in [-0.39, 0.29) is 16.2 Å². The molecule has 126 valence electrons. The molecule has 2 aromatic heterocycles. The van der Waals surface area contributed by atoms with Gasteiger partial charge in [-0.05, 0) is 25.2 Å². The van der Waals surface area contributed by atoms with Gasteiger partial charge in [0.25, 0.3) is 6.50 Å². The van der Waals surface area contributed by atoms with E-state index in [1.807, 2.05) is 0 Å². The average Bonchev–Trinajstić information content (AvgIpc) is 3.06. The molecule has 1 saturated heterocycles. The van der Waals surface area contributed by atoms with Crippen molar-refractivity contribution in [3.63, 3.8) is 0 Å². The highest BCUT2D eigenvalue weighted by Gasteiger charge is 2.33. The van der Waals surface area contributed by atoms with Gasteiger partial charge in [0.05, 0.1) is 15.5 Å². The molecule has 0 spiro atoms. The van der Waals surface area contributed by atoms with Crippen LogP contribution >= 0.6 is 0 Å². The number of likely N-dealkylation sites (tertiary alicyclic amines) is 1. The van der Waals surface area contributed by atoms with Crippen molar-refractivity contribution in [2.45, 2.75) is 26.2 Å². The molecule has 3 heterocycles. The van der Waals surface area contributed by atoms with Gasteiger partial charge in [-0.2, -0.15) is 0 Å². The lowest BCUT2D eigenvalue weighted by Crippen LogP contribution is -2.53. The topological polar surface area (TPSA) is 69.5 Å². The molecule has 1 aliphatic heterocycles. The highest BCUT2D eigenvalue weighted by atomic mass is 16.2. The Morgan fingerprint density at radius 2 is 2.67 bits per heavy atom. The molecular weight excluding hydrogens is 304 g/mol. The molecule has 1 amide bonds. The Labute approximate surface area is 165 Å². The summed E-state index contributed by atoms with van der Waals surface area (Å²) in [5, 5.41) is -0.512. The molecule has 2 atom stereocenters. The second-order valence-electron chi connectivity index (χ2n) is 4.66. The lowest BCUT2D eigenvalue weighted by atomic mass is 9.92. The summed E-state index contributed by atoms with van der Waals surface area (Å²) in [5.41, 5.74) is -0.298. The summed E-state index contributed by atoms with van der Waals surface area (Å²) in [6.45, 7) is -11.5. The monoisotopic (exact) mass is 343 g/mol. The molecule has 0 aromatic carbocycles. The van der Waals surface area contributed by atoms with Crippen molar-refractivity contribution in [3.8, 4) is 0 Å². The van der Waals surface area contributed by atoms with Crippen LogP contribution in [0.25, 0.3) is 15.9 Å². The highest BCUT2D eigenvalue weighted by molar-refractivity contribution is 5.88.